The molecule has 2 atom stereocenters. The van der Waals surface area contributed by atoms with Crippen LogP contribution in [0.15, 0.2) is 30.3 Å². The third kappa shape index (κ3) is 2.85. The summed E-state index contributed by atoms with van der Waals surface area (Å²) in [6, 6.07) is 11.9. The summed E-state index contributed by atoms with van der Waals surface area (Å²) in [6.07, 6.45) is 6.92. The van der Waals surface area contributed by atoms with E-state index in [1.165, 1.54) is 44.2 Å². The topological polar surface area (TPSA) is 16.6 Å². The van der Waals surface area contributed by atoms with Gasteiger partial charge < -0.3 is 5.32 Å². The zero-order valence-electron chi connectivity index (χ0n) is 10.4. The first-order chi connectivity index (χ1) is 7.92. The SMILES string of the molecule is CC[C@@H](c1ccccc1)[C@H]1CCCCC[NH2+]1. The van der Waals surface area contributed by atoms with Crippen LogP contribution in [0.2, 0.25) is 0 Å². The van der Waals surface area contributed by atoms with Gasteiger partial charge in [-0.2, -0.15) is 0 Å². The largest absolute Gasteiger partial charge is 0.343 e. The van der Waals surface area contributed by atoms with Crippen molar-refractivity contribution >= 4 is 0 Å². The molecule has 0 saturated carbocycles. The van der Waals surface area contributed by atoms with Gasteiger partial charge in [-0.25, -0.2) is 0 Å². The van der Waals surface area contributed by atoms with E-state index in [4.69, 9.17) is 0 Å². The fourth-order valence-corrected chi connectivity index (χ4v) is 3.00. The van der Waals surface area contributed by atoms with Crippen molar-refractivity contribution in [2.75, 3.05) is 6.54 Å². The third-order valence-corrected chi connectivity index (χ3v) is 3.90. The highest BCUT2D eigenvalue weighted by molar-refractivity contribution is 5.20. The van der Waals surface area contributed by atoms with Gasteiger partial charge in [0.2, 0.25) is 0 Å². The fourth-order valence-electron chi connectivity index (χ4n) is 3.00. The molecule has 0 radical (unpaired) electrons. The zero-order valence-corrected chi connectivity index (χ0v) is 10.4. The van der Waals surface area contributed by atoms with Gasteiger partial charge in [-0.05, 0) is 37.7 Å². The van der Waals surface area contributed by atoms with E-state index in [-0.39, 0.29) is 0 Å². The van der Waals surface area contributed by atoms with Crippen LogP contribution in [0.5, 0.6) is 0 Å². The highest BCUT2D eigenvalue weighted by Gasteiger charge is 2.25. The second-order valence-corrected chi connectivity index (χ2v) is 4.96. The lowest BCUT2D eigenvalue weighted by molar-refractivity contribution is -0.691. The van der Waals surface area contributed by atoms with E-state index in [0.29, 0.717) is 0 Å². The number of quaternary nitrogens is 1. The molecule has 1 heteroatoms. The quantitative estimate of drug-likeness (QED) is 0.803. The van der Waals surface area contributed by atoms with Gasteiger partial charge in [-0.3, -0.25) is 0 Å². The molecule has 1 aliphatic rings. The van der Waals surface area contributed by atoms with Crippen molar-refractivity contribution in [3.8, 4) is 0 Å². The summed E-state index contributed by atoms with van der Waals surface area (Å²) in [5.41, 5.74) is 1.54. The van der Waals surface area contributed by atoms with Gasteiger partial charge in [-0.15, -0.1) is 0 Å². The molecular weight excluding hydrogens is 194 g/mol. The Bertz CT molecular complexity index is 286. The lowest BCUT2D eigenvalue weighted by Crippen LogP contribution is -2.90. The first-order valence-electron chi connectivity index (χ1n) is 6.80. The Morgan fingerprint density at radius 1 is 1.19 bits per heavy atom. The molecule has 2 rings (SSSR count). The van der Waals surface area contributed by atoms with Crippen molar-refractivity contribution in [3.63, 3.8) is 0 Å². The molecule has 1 aromatic rings. The number of rotatable bonds is 3. The molecular formula is C15H24N+. The molecule has 1 nitrogen and oxygen atoms in total. The van der Waals surface area contributed by atoms with E-state index in [1.54, 1.807) is 0 Å². The molecule has 0 aromatic heterocycles. The van der Waals surface area contributed by atoms with Crippen LogP contribution < -0.4 is 5.32 Å². The molecule has 0 amide bonds. The van der Waals surface area contributed by atoms with Crippen LogP contribution in [-0.4, -0.2) is 12.6 Å². The van der Waals surface area contributed by atoms with E-state index in [1.807, 2.05) is 0 Å². The molecule has 1 aromatic carbocycles. The second-order valence-electron chi connectivity index (χ2n) is 4.96. The van der Waals surface area contributed by atoms with E-state index in [0.717, 1.165) is 12.0 Å². The van der Waals surface area contributed by atoms with Crippen LogP contribution >= 0.6 is 0 Å². The molecule has 1 aliphatic heterocycles. The number of nitrogens with two attached hydrogens (primary N) is 1. The molecule has 0 bridgehead atoms. The van der Waals surface area contributed by atoms with Crippen LogP contribution in [0.25, 0.3) is 0 Å². The van der Waals surface area contributed by atoms with E-state index in [9.17, 15) is 0 Å². The van der Waals surface area contributed by atoms with Crippen molar-refractivity contribution in [1.29, 1.82) is 0 Å². The maximum absolute atomic E-state index is 2.59. The molecule has 16 heavy (non-hydrogen) atoms. The molecule has 0 spiro atoms. The van der Waals surface area contributed by atoms with Gasteiger partial charge >= 0.3 is 0 Å². The van der Waals surface area contributed by atoms with Crippen LogP contribution in [0, 0.1) is 0 Å². The Balaban J connectivity index is 2.09. The average molecular weight is 218 g/mol. The van der Waals surface area contributed by atoms with Crippen LogP contribution in [0.3, 0.4) is 0 Å². The van der Waals surface area contributed by atoms with Gasteiger partial charge in [0.25, 0.3) is 0 Å². The molecule has 0 unspecified atom stereocenters. The van der Waals surface area contributed by atoms with Crippen LogP contribution in [-0.2, 0) is 0 Å². The highest BCUT2D eigenvalue weighted by atomic mass is 14.9. The minimum Gasteiger partial charge on any atom is -0.343 e. The maximum atomic E-state index is 2.59. The zero-order chi connectivity index (χ0) is 11.2. The molecule has 2 N–H and O–H groups in total. The molecule has 0 aliphatic carbocycles. The standard InChI is InChI=1S/C15H23N/c1-2-14(13-9-5-3-6-10-13)15-11-7-4-8-12-16-15/h3,5-6,9-10,14-16H,2,4,7-8,11-12H2,1H3/p+1/t14-,15+/m0/s1. The Kier molecular flexibility index (Phi) is 4.41. The van der Waals surface area contributed by atoms with Crippen molar-refractivity contribution in [1.82, 2.24) is 0 Å². The van der Waals surface area contributed by atoms with Gasteiger partial charge in [0, 0.05) is 5.92 Å². The monoisotopic (exact) mass is 218 g/mol. The molecule has 1 fully saturated rings. The van der Waals surface area contributed by atoms with E-state index < -0.39 is 0 Å². The van der Waals surface area contributed by atoms with Crippen LogP contribution in [0.1, 0.15) is 50.5 Å². The first kappa shape index (κ1) is 11.7. The fraction of sp³-hybridized carbons (Fsp3) is 0.600. The van der Waals surface area contributed by atoms with Gasteiger partial charge in [0.1, 0.15) is 0 Å². The Morgan fingerprint density at radius 3 is 2.75 bits per heavy atom. The van der Waals surface area contributed by atoms with Crippen molar-refractivity contribution in [2.24, 2.45) is 0 Å². The summed E-state index contributed by atoms with van der Waals surface area (Å²) in [5, 5.41) is 2.59. The predicted molar refractivity (Wildman–Crippen MR) is 68.5 cm³/mol. The normalized spacial score (nSPS) is 23.7. The summed E-state index contributed by atoms with van der Waals surface area (Å²) in [4.78, 5) is 0. The number of hydrogen-bond donors (Lipinski definition) is 1. The highest BCUT2D eigenvalue weighted by Crippen LogP contribution is 2.25. The summed E-state index contributed by atoms with van der Waals surface area (Å²) < 4.78 is 0. The first-order valence-corrected chi connectivity index (χ1v) is 6.80. The average Bonchev–Trinajstić information content (AvgIpc) is 2.61. The summed E-state index contributed by atoms with van der Waals surface area (Å²) in [7, 11) is 0. The second kappa shape index (κ2) is 6.05. The van der Waals surface area contributed by atoms with Gasteiger partial charge in [0.15, 0.2) is 0 Å². The lowest BCUT2D eigenvalue weighted by Gasteiger charge is -2.23. The van der Waals surface area contributed by atoms with Crippen LogP contribution in [0.4, 0.5) is 0 Å². The Labute approximate surface area is 99.3 Å². The lowest BCUT2D eigenvalue weighted by atomic mass is 9.87. The van der Waals surface area contributed by atoms with Gasteiger partial charge in [-0.1, -0.05) is 37.3 Å². The molecule has 1 heterocycles. The third-order valence-electron chi connectivity index (χ3n) is 3.90. The summed E-state index contributed by atoms with van der Waals surface area (Å²) in [6.45, 7) is 3.66. The smallest absolute Gasteiger partial charge is 0.0928 e. The van der Waals surface area contributed by atoms with Gasteiger partial charge in [0.05, 0.1) is 12.6 Å². The maximum Gasteiger partial charge on any atom is 0.0928 e. The predicted octanol–water partition coefficient (Wildman–Crippen LogP) is 2.69. The Hall–Kier alpha value is -0.820. The van der Waals surface area contributed by atoms with Crippen molar-refractivity contribution < 1.29 is 5.32 Å². The number of benzene rings is 1. The summed E-state index contributed by atoms with van der Waals surface area (Å²) >= 11 is 0. The Morgan fingerprint density at radius 2 is 2.00 bits per heavy atom. The van der Waals surface area contributed by atoms with Crippen molar-refractivity contribution in [2.45, 2.75) is 51.0 Å². The molecule has 88 valence electrons. The molecule has 1 saturated heterocycles. The number of hydrogen-bond acceptors (Lipinski definition) is 0. The minimum absolute atomic E-state index is 0.749. The summed E-state index contributed by atoms with van der Waals surface area (Å²) in [5.74, 6) is 0.749. The van der Waals surface area contributed by atoms with Crippen molar-refractivity contribution in [3.05, 3.63) is 35.9 Å². The van der Waals surface area contributed by atoms with E-state index in [2.05, 4.69) is 42.6 Å². The minimum atomic E-state index is 0.749. The van der Waals surface area contributed by atoms with E-state index >= 15 is 0 Å².